The van der Waals surface area contributed by atoms with Crippen molar-refractivity contribution in [3.63, 3.8) is 0 Å². The van der Waals surface area contributed by atoms with E-state index in [9.17, 15) is 5.26 Å². The number of nitriles is 1. The van der Waals surface area contributed by atoms with Gasteiger partial charge in [0.2, 0.25) is 0 Å². The first-order valence-corrected chi connectivity index (χ1v) is 8.15. The highest BCUT2D eigenvalue weighted by Gasteiger charge is 2.11. The molecule has 0 radical (unpaired) electrons. The van der Waals surface area contributed by atoms with Crippen LogP contribution in [0.15, 0.2) is 22.9 Å². The molecule has 114 valence electrons. The molecule has 1 fully saturated rings. The van der Waals surface area contributed by atoms with Gasteiger partial charge in [0.15, 0.2) is 5.82 Å². The van der Waals surface area contributed by atoms with E-state index in [-0.39, 0.29) is 0 Å². The maximum absolute atomic E-state index is 9.31. The predicted octanol–water partition coefficient (Wildman–Crippen LogP) is 1.82. The van der Waals surface area contributed by atoms with Crippen molar-refractivity contribution in [3.8, 4) is 17.3 Å². The smallest absolute Gasteiger partial charge is 0.166 e. The van der Waals surface area contributed by atoms with Crippen LogP contribution in [-0.4, -0.2) is 54.5 Å². The number of hydrogen-bond donors (Lipinski definition) is 1. The SMILES string of the molecule is N#Cc1cc(-c2ccsc2)nnc1NCCN1CCOCC1. The minimum Gasteiger partial charge on any atom is -0.379 e. The summed E-state index contributed by atoms with van der Waals surface area (Å²) >= 11 is 1.60. The Morgan fingerprint density at radius 1 is 1.36 bits per heavy atom. The number of rotatable bonds is 5. The molecule has 2 aromatic heterocycles. The lowest BCUT2D eigenvalue weighted by atomic mass is 10.2. The zero-order chi connectivity index (χ0) is 15.2. The van der Waals surface area contributed by atoms with E-state index >= 15 is 0 Å². The molecule has 1 aliphatic rings. The van der Waals surface area contributed by atoms with Crippen molar-refractivity contribution >= 4 is 17.2 Å². The van der Waals surface area contributed by atoms with Crippen LogP contribution in [0.1, 0.15) is 5.56 Å². The zero-order valence-electron chi connectivity index (χ0n) is 12.2. The zero-order valence-corrected chi connectivity index (χ0v) is 13.0. The number of nitrogens with one attached hydrogen (secondary N) is 1. The number of anilines is 1. The molecule has 22 heavy (non-hydrogen) atoms. The van der Waals surface area contributed by atoms with Crippen LogP contribution in [0.2, 0.25) is 0 Å². The van der Waals surface area contributed by atoms with Crippen LogP contribution < -0.4 is 5.32 Å². The van der Waals surface area contributed by atoms with Gasteiger partial charge in [-0.1, -0.05) is 0 Å². The Morgan fingerprint density at radius 3 is 2.95 bits per heavy atom. The van der Waals surface area contributed by atoms with Crippen molar-refractivity contribution in [2.24, 2.45) is 0 Å². The molecule has 2 aromatic rings. The van der Waals surface area contributed by atoms with Gasteiger partial charge < -0.3 is 10.1 Å². The van der Waals surface area contributed by atoms with E-state index < -0.39 is 0 Å². The molecular formula is C15H17N5OS. The van der Waals surface area contributed by atoms with Gasteiger partial charge in [-0.15, -0.1) is 10.2 Å². The molecule has 6 nitrogen and oxygen atoms in total. The number of thiophene rings is 1. The third-order valence-electron chi connectivity index (χ3n) is 3.56. The number of ether oxygens (including phenoxy) is 1. The van der Waals surface area contributed by atoms with Gasteiger partial charge in [-0.2, -0.15) is 16.6 Å². The van der Waals surface area contributed by atoms with E-state index in [1.807, 2.05) is 16.8 Å². The Kier molecular flexibility index (Phi) is 4.96. The Morgan fingerprint density at radius 2 is 2.23 bits per heavy atom. The number of hydrogen-bond acceptors (Lipinski definition) is 7. The van der Waals surface area contributed by atoms with Crippen molar-refractivity contribution in [2.45, 2.75) is 0 Å². The summed E-state index contributed by atoms with van der Waals surface area (Å²) in [4.78, 5) is 2.33. The van der Waals surface area contributed by atoms with Gasteiger partial charge in [0.1, 0.15) is 6.07 Å². The van der Waals surface area contributed by atoms with Gasteiger partial charge in [-0.25, -0.2) is 0 Å². The summed E-state index contributed by atoms with van der Waals surface area (Å²) in [5.74, 6) is 0.551. The molecule has 3 rings (SSSR count). The fourth-order valence-corrected chi connectivity index (χ4v) is 2.97. The largest absolute Gasteiger partial charge is 0.379 e. The number of morpholine rings is 1. The topological polar surface area (TPSA) is 74.1 Å². The monoisotopic (exact) mass is 315 g/mol. The average Bonchev–Trinajstić information content (AvgIpc) is 3.10. The molecule has 0 bridgehead atoms. The van der Waals surface area contributed by atoms with Crippen molar-refractivity contribution in [2.75, 3.05) is 44.7 Å². The summed E-state index contributed by atoms with van der Waals surface area (Å²) in [6.07, 6.45) is 0. The summed E-state index contributed by atoms with van der Waals surface area (Å²) in [6.45, 7) is 5.13. The standard InChI is InChI=1S/C15H17N5OS/c16-10-13-9-14(12-1-8-22-11-12)18-19-15(13)17-2-3-20-4-6-21-7-5-20/h1,8-9,11H,2-7H2,(H,17,19). The van der Waals surface area contributed by atoms with Crippen LogP contribution in [0.3, 0.4) is 0 Å². The molecule has 1 saturated heterocycles. The Hall–Kier alpha value is -2.01. The van der Waals surface area contributed by atoms with E-state index in [4.69, 9.17) is 4.74 Å². The van der Waals surface area contributed by atoms with Crippen LogP contribution in [-0.2, 0) is 4.74 Å². The fraction of sp³-hybridized carbons (Fsp3) is 0.400. The van der Waals surface area contributed by atoms with Crippen molar-refractivity contribution in [3.05, 3.63) is 28.5 Å². The molecule has 0 saturated carbocycles. The maximum atomic E-state index is 9.31. The second-order valence-electron chi connectivity index (χ2n) is 5.00. The molecule has 0 aromatic carbocycles. The molecule has 0 atom stereocenters. The Labute approximate surface area is 133 Å². The Bertz CT molecular complexity index is 646. The van der Waals surface area contributed by atoms with Crippen LogP contribution in [0, 0.1) is 11.3 Å². The third-order valence-corrected chi connectivity index (χ3v) is 4.24. The number of nitrogens with zero attached hydrogens (tertiary/aromatic N) is 4. The minimum atomic E-state index is 0.526. The lowest BCUT2D eigenvalue weighted by molar-refractivity contribution is 0.0398. The second kappa shape index (κ2) is 7.31. The van der Waals surface area contributed by atoms with Gasteiger partial charge in [0.05, 0.1) is 24.5 Å². The van der Waals surface area contributed by atoms with Gasteiger partial charge in [0, 0.05) is 37.1 Å². The van der Waals surface area contributed by atoms with Crippen LogP contribution in [0.25, 0.3) is 11.3 Å². The van der Waals surface area contributed by atoms with E-state index in [1.54, 1.807) is 17.4 Å². The van der Waals surface area contributed by atoms with Crippen molar-refractivity contribution < 1.29 is 4.74 Å². The maximum Gasteiger partial charge on any atom is 0.166 e. The third kappa shape index (κ3) is 3.60. The molecule has 0 spiro atoms. The van der Waals surface area contributed by atoms with Crippen LogP contribution in [0.5, 0.6) is 0 Å². The van der Waals surface area contributed by atoms with Crippen molar-refractivity contribution in [1.29, 1.82) is 5.26 Å². The first kappa shape index (κ1) is 14.9. The summed E-state index contributed by atoms with van der Waals surface area (Å²) in [7, 11) is 0. The molecule has 0 unspecified atom stereocenters. The highest BCUT2D eigenvalue weighted by Crippen LogP contribution is 2.22. The number of aromatic nitrogens is 2. The molecule has 7 heteroatoms. The van der Waals surface area contributed by atoms with E-state index in [0.717, 1.165) is 50.7 Å². The van der Waals surface area contributed by atoms with E-state index in [1.165, 1.54) is 0 Å². The first-order valence-electron chi connectivity index (χ1n) is 7.21. The molecule has 0 amide bonds. The van der Waals surface area contributed by atoms with Gasteiger partial charge in [0.25, 0.3) is 0 Å². The lowest BCUT2D eigenvalue weighted by Gasteiger charge is -2.26. The predicted molar refractivity (Wildman–Crippen MR) is 85.8 cm³/mol. The first-order chi connectivity index (χ1) is 10.9. The molecule has 1 N–H and O–H groups in total. The summed E-state index contributed by atoms with van der Waals surface area (Å²) < 4.78 is 5.32. The lowest BCUT2D eigenvalue weighted by Crippen LogP contribution is -2.39. The molecule has 0 aliphatic carbocycles. The van der Waals surface area contributed by atoms with Crippen LogP contribution in [0.4, 0.5) is 5.82 Å². The van der Waals surface area contributed by atoms with Crippen LogP contribution >= 0.6 is 11.3 Å². The van der Waals surface area contributed by atoms with Crippen molar-refractivity contribution in [1.82, 2.24) is 15.1 Å². The van der Waals surface area contributed by atoms with E-state index in [0.29, 0.717) is 11.4 Å². The quantitative estimate of drug-likeness (QED) is 0.907. The van der Waals surface area contributed by atoms with Gasteiger partial charge in [-0.05, 0) is 17.5 Å². The summed E-state index contributed by atoms with van der Waals surface area (Å²) in [5.41, 5.74) is 2.25. The average molecular weight is 315 g/mol. The Balaban J connectivity index is 1.62. The summed E-state index contributed by atoms with van der Waals surface area (Å²) in [6, 6.07) is 5.95. The molecule has 1 aliphatic heterocycles. The van der Waals surface area contributed by atoms with E-state index in [2.05, 4.69) is 26.5 Å². The fourth-order valence-electron chi connectivity index (χ4n) is 2.32. The highest BCUT2D eigenvalue weighted by atomic mass is 32.1. The van der Waals surface area contributed by atoms with Gasteiger partial charge >= 0.3 is 0 Å². The second-order valence-corrected chi connectivity index (χ2v) is 5.78. The molecular weight excluding hydrogens is 298 g/mol. The summed E-state index contributed by atoms with van der Waals surface area (Å²) in [5, 5.41) is 24.9. The normalized spacial score (nSPS) is 15.4. The highest BCUT2D eigenvalue weighted by molar-refractivity contribution is 7.08. The minimum absolute atomic E-state index is 0.526. The van der Waals surface area contributed by atoms with Gasteiger partial charge in [-0.3, -0.25) is 4.90 Å². The molecule has 3 heterocycles.